The Balaban J connectivity index is 4.40. The van der Waals surface area contributed by atoms with Gasteiger partial charge in [0.1, 0.15) is 5.60 Å². The van der Waals surface area contributed by atoms with Crippen molar-refractivity contribution in [3.05, 3.63) is 12.2 Å². The number of carbonyl (C=O) groups is 1. The van der Waals surface area contributed by atoms with Gasteiger partial charge in [0.05, 0.1) is 12.2 Å². The van der Waals surface area contributed by atoms with E-state index in [1.165, 1.54) is 0 Å². The van der Waals surface area contributed by atoms with E-state index in [1.54, 1.807) is 6.92 Å². The van der Waals surface area contributed by atoms with Gasteiger partial charge in [-0.25, -0.2) is 4.79 Å². The predicted octanol–water partition coefficient (Wildman–Crippen LogP) is 4.26. The van der Waals surface area contributed by atoms with Crippen molar-refractivity contribution in [2.75, 3.05) is 6.61 Å². The van der Waals surface area contributed by atoms with E-state index in [0.717, 1.165) is 19.3 Å². The van der Waals surface area contributed by atoms with Gasteiger partial charge in [-0.2, -0.15) is 0 Å². The van der Waals surface area contributed by atoms with E-state index in [0.29, 0.717) is 18.6 Å². The Kier molecular flexibility index (Phi) is 7.35. The molecule has 0 aliphatic heterocycles. The zero-order valence-corrected chi connectivity index (χ0v) is 13.5. The van der Waals surface area contributed by atoms with Gasteiger partial charge in [-0.05, 0) is 40.0 Å². The second-order valence-electron chi connectivity index (χ2n) is 5.73. The first-order valence-corrected chi connectivity index (χ1v) is 7.24. The molecule has 0 amide bonds. The van der Waals surface area contributed by atoms with Crippen LogP contribution in [0.15, 0.2) is 12.2 Å². The van der Waals surface area contributed by atoms with Gasteiger partial charge in [0.25, 0.3) is 0 Å². The van der Waals surface area contributed by atoms with Crippen LogP contribution in [0.1, 0.15) is 67.2 Å². The Morgan fingerprint density at radius 3 is 1.89 bits per heavy atom. The molecule has 1 unspecified atom stereocenters. The Morgan fingerprint density at radius 2 is 1.53 bits per heavy atom. The third kappa shape index (κ3) is 6.24. The predicted molar refractivity (Wildman–Crippen MR) is 79.2 cm³/mol. The number of ether oxygens (including phenoxy) is 2. The lowest BCUT2D eigenvalue weighted by Crippen LogP contribution is -2.35. The molecule has 0 fully saturated rings. The maximum atomic E-state index is 11.6. The topological polar surface area (TPSA) is 35.5 Å². The number of carbonyl (C=O) groups excluding carboxylic acids is 1. The lowest BCUT2D eigenvalue weighted by molar-refractivity contribution is -0.156. The average molecular weight is 270 g/mol. The maximum Gasteiger partial charge on any atom is 0.333 e. The highest BCUT2D eigenvalue weighted by atomic mass is 16.6. The fourth-order valence-electron chi connectivity index (χ4n) is 1.58. The molecule has 3 nitrogen and oxygen atoms in total. The quantitative estimate of drug-likeness (QED) is 0.464. The number of hydrogen-bond acceptors (Lipinski definition) is 3. The molecule has 0 aromatic rings. The summed E-state index contributed by atoms with van der Waals surface area (Å²) in [6.07, 6.45) is 3.44. The summed E-state index contributed by atoms with van der Waals surface area (Å²) in [5, 5.41) is 0. The monoisotopic (exact) mass is 270 g/mol. The summed E-state index contributed by atoms with van der Waals surface area (Å²) in [5.41, 5.74) is -0.113. The Bertz CT molecular complexity index is 305. The largest absolute Gasteiger partial charge is 0.456 e. The molecular weight excluding hydrogens is 240 g/mol. The maximum absolute atomic E-state index is 11.6. The minimum absolute atomic E-state index is 0.0764. The summed E-state index contributed by atoms with van der Waals surface area (Å²) in [5.74, 6) is -0.321. The molecule has 3 heteroatoms. The molecule has 0 aromatic heterocycles. The molecule has 0 aliphatic rings. The van der Waals surface area contributed by atoms with Gasteiger partial charge in [-0.3, -0.25) is 0 Å². The summed E-state index contributed by atoms with van der Waals surface area (Å²) in [6, 6.07) is 0. The fourth-order valence-corrected chi connectivity index (χ4v) is 1.58. The normalized spacial score (nSPS) is 14.8. The molecule has 0 saturated carbocycles. The number of rotatable bonds is 9. The highest BCUT2D eigenvalue weighted by Gasteiger charge is 2.28. The van der Waals surface area contributed by atoms with E-state index in [4.69, 9.17) is 9.47 Å². The van der Waals surface area contributed by atoms with Crippen molar-refractivity contribution in [3.8, 4) is 0 Å². The van der Waals surface area contributed by atoms with Crippen molar-refractivity contribution in [1.29, 1.82) is 0 Å². The number of hydrogen-bond donors (Lipinski definition) is 0. The fraction of sp³-hybridized carbons (Fsp3) is 0.812. The second kappa shape index (κ2) is 7.68. The van der Waals surface area contributed by atoms with Crippen molar-refractivity contribution in [2.24, 2.45) is 0 Å². The van der Waals surface area contributed by atoms with Crippen LogP contribution in [0, 0.1) is 0 Å². The van der Waals surface area contributed by atoms with Gasteiger partial charge in [0.2, 0.25) is 0 Å². The zero-order chi connectivity index (χ0) is 15.1. The van der Waals surface area contributed by atoms with Crippen LogP contribution in [0.25, 0.3) is 0 Å². The Morgan fingerprint density at radius 1 is 1.05 bits per heavy atom. The second-order valence-corrected chi connectivity index (χ2v) is 5.73. The molecule has 0 heterocycles. The van der Waals surface area contributed by atoms with Crippen LogP contribution in [0.2, 0.25) is 0 Å². The Hall–Kier alpha value is -0.830. The van der Waals surface area contributed by atoms with Gasteiger partial charge < -0.3 is 9.47 Å². The summed E-state index contributed by atoms with van der Waals surface area (Å²) in [4.78, 5) is 11.6. The van der Waals surface area contributed by atoms with Gasteiger partial charge in [-0.15, -0.1) is 0 Å². The van der Waals surface area contributed by atoms with Crippen LogP contribution < -0.4 is 0 Å². The van der Waals surface area contributed by atoms with Gasteiger partial charge >= 0.3 is 5.97 Å². The summed E-state index contributed by atoms with van der Waals surface area (Å²) in [7, 11) is 0. The first-order valence-electron chi connectivity index (χ1n) is 7.24. The first kappa shape index (κ1) is 18.2. The van der Waals surface area contributed by atoms with Crippen molar-refractivity contribution in [1.82, 2.24) is 0 Å². The SMILES string of the molecule is C=C(C)C(=O)OC(C)(CC)CCOC(C)(CC)CC. The standard InChI is InChI=1S/C16H30O3/c1-8-15(6,9-2)18-12-11-16(7,10-3)19-14(17)13(4)5/h4,8-12H2,1-3,5-7H3. The molecule has 19 heavy (non-hydrogen) atoms. The molecule has 0 aliphatic carbocycles. The zero-order valence-electron chi connectivity index (χ0n) is 13.5. The van der Waals surface area contributed by atoms with Crippen molar-refractivity contribution in [3.63, 3.8) is 0 Å². The lowest BCUT2D eigenvalue weighted by Gasteiger charge is -2.32. The molecule has 0 bridgehead atoms. The third-order valence-corrected chi connectivity index (χ3v) is 4.01. The third-order valence-electron chi connectivity index (χ3n) is 4.01. The van der Waals surface area contributed by atoms with Crippen LogP contribution in [-0.2, 0) is 14.3 Å². The van der Waals surface area contributed by atoms with Crippen LogP contribution in [0.4, 0.5) is 0 Å². The molecular formula is C16H30O3. The lowest BCUT2D eigenvalue weighted by atomic mass is 9.97. The van der Waals surface area contributed by atoms with E-state index >= 15 is 0 Å². The summed E-state index contributed by atoms with van der Waals surface area (Å²) >= 11 is 0. The van der Waals surface area contributed by atoms with Gasteiger partial charge in [0, 0.05) is 12.0 Å². The van der Waals surface area contributed by atoms with Gasteiger partial charge in [-0.1, -0.05) is 27.4 Å². The number of esters is 1. The van der Waals surface area contributed by atoms with Crippen LogP contribution in [-0.4, -0.2) is 23.8 Å². The van der Waals surface area contributed by atoms with Crippen molar-refractivity contribution < 1.29 is 14.3 Å². The molecule has 0 saturated heterocycles. The smallest absolute Gasteiger partial charge is 0.333 e. The molecule has 1 atom stereocenters. The highest BCUT2D eigenvalue weighted by molar-refractivity contribution is 5.87. The van der Waals surface area contributed by atoms with E-state index in [2.05, 4.69) is 27.4 Å². The van der Waals surface area contributed by atoms with E-state index < -0.39 is 5.60 Å². The molecule has 0 spiro atoms. The summed E-state index contributed by atoms with van der Waals surface area (Å²) < 4.78 is 11.5. The van der Waals surface area contributed by atoms with Crippen LogP contribution in [0.3, 0.4) is 0 Å². The summed E-state index contributed by atoms with van der Waals surface area (Å²) in [6.45, 7) is 16.2. The van der Waals surface area contributed by atoms with E-state index in [1.807, 2.05) is 13.8 Å². The van der Waals surface area contributed by atoms with Crippen LogP contribution >= 0.6 is 0 Å². The van der Waals surface area contributed by atoms with Crippen LogP contribution in [0.5, 0.6) is 0 Å². The minimum atomic E-state index is -0.474. The van der Waals surface area contributed by atoms with E-state index in [9.17, 15) is 4.79 Å². The van der Waals surface area contributed by atoms with E-state index in [-0.39, 0.29) is 11.6 Å². The van der Waals surface area contributed by atoms with Crippen molar-refractivity contribution >= 4 is 5.97 Å². The molecule has 112 valence electrons. The molecule has 0 radical (unpaired) electrons. The molecule has 0 aromatic carbocycles. The first-order chi connectivity index (χ1) is 8.72. The Labute approximate surface area is 118 Å². The molecule has 0 rings (SSSR count). The van der Waals surface area contributed by atoms with Crippen molar-refractivity contribution in [2.45, 2.75) is 78.4 Å². The molecule has 0 N–H and O–H groups in total. The van der Waals surface area contributed by atoms with Gasteiger partial charge in [0.15, 0.2) is 0 Å². The average Bonchev–Trinajstić information content (AvgIpc) is 2.38. The highest BCUT2D eigenvalue weighted by Crippen LogP contribution is 2.25. The minimum Gasteiger partial charge on any atom is -0.456 e.